The van der Waals surface area contributed by atoms with Gasteiger partial charge in [-0.1, -0.05) is 206 Å². The van der Waals surface area contributed by atoms with E-state index >= 15 is 0 Å². The molecule has 0 unspecified atom stereocenters. The number of hydrogen-bond donors (Lipinski definition) is 0. The van der Waals surface area contributed by atoms with Crippen LogP contribution in [0.4, 0.5) is 0 Å². The molecule has 2 nitrogen and oxygen atoms in total. The number of hydrogen-bond acceptors (Lipinski definition) is 2. The molecule has 6 aliphatic carbocycles. The van der Waals surface area contributed by atoms with E-state index in [1.54, 1.807) is 0 Å². The minimum Gasteiger partial charge on any atom is -0.390 e. The Bertz CT molecular complexity index is 1700. The van der Waals surface area contributed by atoms with Gasteiger partial charge in [0, 0.05) is 0 Å². The van der Waals surface area contributed by atoms with Crippen LogP contribution in [-0.2, 0) is 20.5 Å². The lowest BCUT2D eigenvalue weighted by molar-refractivity contribution is -0.107. The van der Waals surface area contributed by atoms with Gasteiger partial charge in [0.2, 0.25) is 0 Å². The van der Waals surface area contributed by atoms with Crippen molar-refractivity contribution in [1.82, 2.24) is 0 Å². The Balaban J connectivity index is 1.12. The lowest BCUT2D eigenvalue weighted by atomic mass is 9.20. The molecule has 0 N–H and O–H groups in total. The molecule has 0 radical (unpaired) electrons. The fraction of sp³-hybridized carbons (Fsp3) is 0.469. The second-order valence-corrected chi connectivity index (χ2v) is 19.0. The maximum absolute atomic E-state index is 7.55. The standard InChI is InChI=1S/C49H58B2O2/c1-34-42-30-40(46(42,3)4)32-44(34)50(45-33-41-31-43(35(45)2)47(41,5)6)28-19-29-51-52-48(36-20-11-7-12-21-36,37-22-13-8-14-23-37)49(53-51,38-24-15-9-16-25-38)39-26-17-10-18-27-39/h7-27,29,34-35,40-45H,28,30-33H2,1-6H3/b29-19+/t34-,35-,40+,41+,42-,43-,44-,45-/m1/s1. The van der Waals surface area contributed by atoms with E-state index in [-0.39, 0.29) is 0 Å². The smallest absolute Gasteiger partial charge is 0.390 e. The highest BCUT2D eigenvalue weighted by Crippen LogP contribution is 2.70. The van der Waals surface area contributed by atoms with Crippen LogP contribution in [0.1, 0.15) is 89.5 Å². The van der Waals surface area contributed by atoms with Crippen molar-refractivity contribution in [2.75, 3.05) is 0 Å². The Morgan fingerprint density at radius 2 is 0.887 bits per heavy atom. The molecular weight excluding hydrogens is 642 g/mol. The zero-order valence-corrected chi connectivity index (χ0v) is 32.8. The maximum Gasteiger partial charge on any atom is 0.487 e. The molecule has 11 rings (SSSR count). The molecule has 1 heterocycles. The highest BCUT2D eigenvalue weighted by atomic mass is 16.7. The van der Waals surface area contributed by atoms with Gasteiger partial charge in [-0.15, -0.1) is 0 Å². The molecule has 272 valence electrons. The molecule has 53 heavy (non-hydrogen) atoms. The molecule has 0 amide bonds. The Hall–Kier alpha value is -3.33. The fourth-order valence-corrected chi connectivity index (χ4v) is 13.3. The van der Waals surface area contributed by atoms with Crippen LogP contribution in [0.2, 0.25) is 18.0 Å². The van der Waals surface area contributed by atoms with Crippen molar-refractivity contribution in [3.63, 3.8) is 0 Å². The van der Waals surface area contributed by atoms with Crippen LogP contribution >= 0.6 is 0 Å². The van der Waals surface area contributed by atoms with E-state index in [2.05, 4.69) is 175 Å². The molecule has 6 saturated carbocycles. The first-order valence-electron chi connectivity index (χ1n) is 20.8. The quantitative estimate of drug-likeness (QED) is 0.162. The van der Waals surface area contributed by atoms with E-state index in [1.165, 1.54) is 25.7 Å². The Morgan fingerprint density at radius 3 is 1.19 bits per heavy atom. The predicted octanol–water partition coefficient (Wildman–Crippen LogP) is 12.1. The van der Waals surface area contributed by atoms with Crippen molar-refractivity contribution in [2.24, 2.45) is 46.3 Å². The molecule has 0 spiro atoms. The van der Waals surface area contributed by atoms with Gasteiger partial charge in [0.15, 0.2) is 6.71 Å². The number of allylic oxidation sites excluding steroid dienone is 1. The van der Waals surface area contributed by atoms with Gasteiger partial charge in [-0.25, -0.2) is 0 Å². The van der Waals surface area contributed by atoms with E-state index in [9.17, 15) is 0 Å². The first-order chi connectivity index (χ1) is 25.6. The molecule has 0 aromatic heterocycles. The summed E-state index contributed by atoms with van der Waals surface area (Å²) in [5.41, 5.74) is 3.46. The second kappa shape index (κ2) is 13.2. The van der Waals surface area contributed by atoms with Gasteiger partial charge in [0.05, 0.1) is 0 Å². The normalized spacial score (nSPS) is 32.8. The summed E-state index contributed by atoms with van der Waals surface area (Å²) >= 11 is 0. The third kappa shape index (κ3) is 5.28. The molecule has 4 aromatic carbocycles. The average Bonchev–Trinajstić information content (AvgIpc) is 3.55. The van der Waals surface area contributed by atoms with Crippen molar-refractivity contribution < 1.29 is 9.31 Å². The zero-order valence-electron chi connectivity index (χ0n) is 32.8. The second-order valence-electron chi connectivity index (χ2n) is 19.0. The molecule has 7 fully saturated rings. The number of benzene rings is 4. The van der Waals surface area contributed by atoms with Crippen LogP contribution in [0.5, 0.6) is 0 Å². The SMILES string of the molecule is C[C@@H]1[C@H]2C[C@@H](C[C@H]1B(C/C=C/B1OC(c3ccccc3)(c3ccccc3)C(c3ccccc3)(c3ccccc3)O1)[C@@H]1C[C@@H]3C[C@H]([C@H]1C)C3(C)C)C2(C)C. The van der Waals surface area contributed by atoms with Gasteiger partial charge < -0.3 is 9.31 Å². The highest BCUT2D eigenvalue weighted by Gasteiger charge is 2.66. The predicted molar refractivity (Wildman–Crippen MR) is 221 cm³/mol. The fourth-order valence-electron chi connectivity index (χ4n) is 13.3. The van der Waals surface area contributed by atoms with Crippen LogP contribution in [0.25, 0.3) is 0 Å². The summed E-state index contributed by atoms with van der Waals surface area (Å²) in [5, 5.41) is 0. The van der Waals surface area contributed by atoms with Crippen LogP contribution in [0.15, 0.2) is 133 Å². The van der Waals surface area contributed by atoms with E-state index < -0.39 is 18.3 Å². The average molecular weight is 701 g/mol. The van der Waals surface area contributed by atoms with Crippen LogP contribution in [0, 0.1) is 46.3 Å². The molecule has 1 aliphatic heterocycles. The summed E-state index contributed by atoms with van der Waals surface area (Å²) < 4.78 is 15.1. The number of rotatable bonds is 9. The molecular formula is C49H58B2O2. The van der Waals surface area contributed by atoms with Crippen LogP contribution in [-0.4, -0.2) is 13.8 Å². The monoisotopic (exact) mass is 700 g/mol. The lowest BCUT2D eigenvalue weighted by Gasteiger charge is -2.66. The van der Waals surface area contributed by atoms with Gasteiger partial charge in [-0.3, -0.25) is 0 Å². The molecule has 8 atom stereocenters. The van der Waals surface area contributed by atoms with E-state index in [1.807, 2.05) is 0 Å². The first kappa shape index (κ1) is 35.4. The van der Waals surface area contributed by atoms with Gasteiger partial charge in [-0.2, -0.15) is 0 Å². The van der Waals surface area contributed by atoms with Gasteiger partial charge in [0.1, 0.15) is 11.2 Å². The number of fused-ring (bicyclic) bond motifs is 4. The maximum atomic E-state index is 7.55. The van der Waals surface area contributed by atoms with Crippen molar-refractivity contribution in [1.29, 1.82) is 0 Å². The zero-order chi connectivity index (χ0) is 36.6. The molecule has 4 aromatic rings. The molecule has 4 heteroatoms. The molecule has 4 bridgehead atoms. The summed E-state index contributed by atoms with van der Waals surface area (Å²) in [5.74, 6) is 8.89. The third-order valence-corrected chi connectivity index (χ3v) is 16.4. The Kier molecular flexibility index (Phi) is 8.78. The van der Waals surface area contributed by atoms with Crippen molar-refractivity contribution >= 4 is 13.8 Å². The summed E-state index contributed by atoms with van der Waals surface area (Å²) in [7, 11) is -0.538. The van der Waals surface area contributed by atoms with Gasteiger partial charge in [-0.05, 0) is 81.4 Å². The van der Waals surface area contributed by atoms with Gasteiger partial charge in [0.25, 0.3) is 0 Å². The van der Waals surface area contributed by atoms with Gasteiger partial charge >= 0.3 is 7.12 Å². The van der Waals surface area contributed by atoms with E-state index in [0.29, 0.717) is 17.5 Å². The van der Waals surface area contributed by atoms with Crippen molar-refractivity contribution in [2.45, 2.75) is 96.4 Å². The first-order valence-corrected chi connectivity index (χ1v) is 20.8. The largest absolute Gasteiger partial charge is 0.487 e. The Morgan fingerprint density at radius 1 is 0.547 bits per heavy atom. The van der Waals surface area contributed by atoms with Crippen LogP contribution < -0.4 is 0 Å². The van der Waals surface area contributed by atoms with Crippen LogP contribution in [0.3, 0.4) is 0 Å². The van der Waals surface area contributed by atoms with E-state index in [0.717, 1.165) is 75.7 Å². The molecule has 7 aliphatic rings. The summed E-state index contributed by atoms with van der Waals surface area (Å²) in [4.78, 5) is 0. The van der Waals surface area contributed by atoms with E-state index in [4.69, 9.17) is 9.31 Å². The summed E-state index contributed by atoms with van der Waals surface area (Å²) in [6.45, 7) is 16.2. The summed E-state index contributed by atoms with van der Waals surface area (Å²) in [6.07, 6.45) is 9.27. The highest BCUT2D eigenvalue weighted by molar-refractivity contribution is 6.63. The third-order valence-electron chi connectivity index (χ3n) is 16.4. The van der Waals surface area contributed by atoms with Crippen molar-refractivity contribution in [3.05, 3.63) is 156 Å². The Labute approximate surface area is 320 Å². The lowest BCUT2D eigenvalue weighted by Crippen LogP contribution is -2.59. The van der Waals surface area contributed by atoms with Crippen molar-refractivity contribution in [3.8, 4) is 0 Å². The topological polar surface area (TPSA) is 18.5 Å². The summed E-state index contributed by atoms with van der Waals surface area (Å²) in [6, 6.07) is 43.2. The minimum atomic E-state index is -0.942. The minimum absolute atomic E-state index is 0.501. The molecule has 1 saturated heterocycles.